The highest BCUT2D eigenvalue weighted by molar-refractivity contribution is 9.10. The van der Waals surface area contributed by atoms with E-state index in [2.05, 4.69) is 21.2 Å². The minimum atomic E-state index is -3.95. The summed E-state index contributed by atoms with van der Waals surface area (Å²) in [4.78, 5) is 13.1. The topological polar surface area (TPSA) is 66.5 Å². The number of carbonyl (C=O) groups excluding carboxylic acids is 1. The van der Waals surface area contributed by atoms with Crippen LogP contribution < -0.4 is 9.62 Å². The van der Waals surface area contributed by atoms with Gasteiger partial charge in [0.25, 0.3) is 10.0 Å². The van der Waals surface area contributed by atoms with Crippen molar-refractivity contribution in [1.29, 1.82) is 0 Å². The lowest BCUT2D eigenvalue weighted by molar-refractivity contribution is -0.120. The van der Waals surface area contributed by atoms with Gasteiger partial charge in [-0.3, -0.25) is 9.10 Å². The summed E-state index contributed by atoms with van der Waals surface area (Å²) in [6.45, 7) is 7.46. The highest BCUT2D eigenvalue weighted by Crippen LogP contribution is 2.27. The van der Waals surface area contributed by atoms with Crippen molar-refractivity contribution in [3.8, 4) is 0 Å². The first-order valence-electron chi connectivity index (χ1n) is 10.3. The molecule has 0 spiro atoms. The Balaban J connectivity index is 1.91. The van der Waals surface area contributed by atoms with Crippen molar-refractivity contribution in [1.82, 2.24) is 5.32 Å². The molecular formula is C25H27BrN2O3S. The minimum absolute atomic E-state index is 0.137. The van der Waals surface area contributed by atoms with E-state index in [-0.39, 0.29) is 23.4 Å². The van der Waals surface area contributed by atoms with Crippen molar-refractivity contribution >= 4 is 37.5 Å². The third kappa shape index (κ3) is 5.58. The number of anilines is 1. The monoisotopic (exact) mass is 514 g/mol. The number of carbonyl (C=O) groups is 1. The van der Waals surface area contributed by atoms with Crippen molar-refractivity contribution in [3.63, 3.8) is 0 Å². The summed E-state index contributed by atoms with van der Waals surface area (Å²) in [5, 5.41) is 2.95. The highest BCUT2D eigenvalue weighted by atomic mass is 79.9. The van der Waals surface area contributed by atoms with Gasteiger partial charge in [0.1, 0.15) is 6.54 Å². The summed E-state index contributed by atoms with van der Waals surface area (Å²) in [7, 11) is -3.95. The number of rotatable bonds is 7. The number of halogens is 1. The second-order valence-corrected chi connectivity index (χ2v) is 10.7. The maximum Gasteiger partial charge on any atom is 0.264 e. The predicted octanol–water partition coefficient (Wildman–Crippen LogP) is 5.45. The Morgan fingerprint density at radius 1 is 0.969 bits per heavy atom. The third-order valence-electron chi connectivity index (χ3n) is 5.27. The molecule has 3 aromatic rings. The molecule has 1 N–H and O–H groups in total. The Hall–Kier alpha value is -2.64. The number of amides is 1. The van der Waals surface area contributed by atoms with Gasteiger partial charge >= 0.3 is 0 Å². The van der Waals surface area contributed by atoms with Crippen molar-refractivity contribution in [2.24, 2.45) is 0 Å². The quantitative estimate of drug-likeness (QED) is 0.455. The predicted molar refractivity (Wildman–Crippen MR) is 132 cm³/mol. The molecule has 7 heteroatoms. The summed E-state index contributed by atoms with van der Waals surface area (Å²) >= 11 is 3.39. The van der Waals surface area contributed by atoms with E-state index in [1.165, 1.54) is 0 Å². The van der Waals surface area contributed by atoms with Crippen LogP contribution >= 0.6 is 15.9 Å². The molecule has 1 unspecified atom stereocenters. The minimum Gasteiger partial charge on any atom is -0.348 e. The lowest BCUT2D eigenvalue weighted by Gasteiger charge is -2.25. The van der Waals surface area contributed by atoms with Crippen LogP contribution in [0.1, 0.15) is 35.2 Å². The molecular weight excluding hydrogens is 488 g/mol. The number of benzene rings is 3. The van der Waals surface area contributed by atoms with Crippen LogP contribution in [0.25, 0.3) is 0 Å². The van der Waals surface area contributed by atoms with Crippen molar-refractivity contribution < 1.29 is 13.2 Å². The second kappa shape index (κ2) is 9.88. The molecule has 0 bridgehead atoms. The van der Waals surface area contributed by atoms with Crippen LogP contribution in [0.5, 0.6) is 0 Å². The Bertz CT molecular complexity index is 1220. The van der Waals surface area contributed by atoms with Crippen LogP contribution in [-0.4, -0.2) is 20.9 Å². The van der Waals surface area contributed by atoms with Crippen LogP contribution in [0.3, 0.4) is 0 Å². The van der Waals surface area contributed by atoms with Gasteiger partial charge < -0.3 is 5.32 Å². The summed E-state index contributed by atoms with van der Waals surface area (Å²) in [5.74, 6) is -0.380. The fourth-order valence-corrected chi connectivity index (χ4v) is 5.31. The van der Waals surface area contributed by atoms with Gasteiger partial charge in [-0.25, -0.2) is 8.42 Å². The lowest BCUT2D eigenvalue weighted by atomic mass is 10.00. The van der Waals surface area contributed by atoms with Gasteiger partial charge in [0, 0.05) is 4.47 Å². The van der Waals surface area contributed by atoms with E-state index in [9.17, 15) is 13.2 Å². The molecule has 0 saturated carbocycles. The molecule has 0 aromatic heterocycles. The van der Waals surface area contributed by atoms with Crippen molar-refractivity contribution in [2.75, 3.05) is 10.8 Å². The van der Waals surface area contributed by atoms with Gasteiger partial charge in [0.15, 0.2) is 0 Å². The maximum absolute atomic E-state index is 13.5. The molecule has 0 fully saturated rings. The van der Waals surface area contributed by atoms with E-state index in [0.717, 1.165) is 31.0 Å². The summed E-state index contributed by atoms with van der Waals surface area (Å²) in [6.07, 6.45) is 0. The van der Waals surface area contributed by atoms with Gasteiger partial charge in [-0.15, -0.1) is 0 Å². The fraction of sp³-hybridized carbons (Fsp3) is 0.240. The Morgan fingerprint density at radius 3 is 2.28 bits per heavy atom. The smallest absolute Gasteiger partial charge is 0.264 e. The number of hydrogen-bond donors (Lipinski definition) is 1. The van der Waals surface area contributed by atoms with E-state index in [0.29, 0.717) is 5.69 Å². The molecule has 0 heterocycles. The first-order valence-corrected chi connectivity index (χ1v) is 12.5. The molecule has 32 heavy (non-hydrogen) atoms. The third-order valence-corrected chi connectivity index (χ3v) is 7.55. The van der Waals surface area contributed by atoms with Gasteiger partial charge in [-0.05, 0) is 69.2 Å². The largest absolute Gasteiger partial charge is 0.348 e. The Kier molecular flexibility index (Phi) is 7.41. The molecule has 1 atom stereocenters. The van der Waals surface area contributed by atoms with Gasteiger partial charge in [0.05, 0.1) is 16.6 Å². The number of nitrogens with one attached hydrogen (secondary N) is 1. The first-order chi connectivity index (χ1) is 15.1. The number of sulfonamides is 1. The zero-order valence-corrected chi connectivity index (χ0v) is 21.0. The van der Waals surface area contributed by atoms with Crippen LogP contribution in [0.4, 0.5) is 5.69 Å². The molecule has 0 aliphatic carbocycles. The first kappa shape index (κ1) is 24.0. The highest BCUT2D eigenvalue weighted by Gasteiger charge is 2.28. The maximum atomic E-state index is 13.5. The Labute approximate surface area is 198 Å². The van der Waals surface area contributed by atoms with Crippen LogP contribution in [0, 0.1) is 20.8 Å². The van der Waals surface area contributed by atoms with E-state index < -0.39 is 10.0 Å². The zero-order chi connectivity index (χ0) is 23.5. The average molecular weight is 515 g/mol. The SMILES string of the molecule is Cc1ccc(S(=O)(=O)N(CC(=O)NC(C)c2cc(C)ccc2C)c2cccc(Br)c2)cc1. The molecule has 3 aromatic carbocycles. The average Bonchev–Trinajstić information content (AvgIpc) is 2.74. The lowest BCUT2D eigenvalue weighted by Crippen LogP contribution is -2.41. The van der Waals surface area contributed by atoms with Crippen molar-refractivity contribution in [3.05, 3.63) is 93.5 Å². The molecule has 0 aliphatic rings. The normalized spacial score (nSPS) is 12.3. The van der Waals surface area contributed by atoms with Gasteiger partial charge in [-0.2, -0.15) is 0 Å². The second-order valence-electron chi connectivity index (χ2n) is 7.95. The molecule has 0 saturated heterocycles. The number of hydrogen-bond acceptors (Lipinski definition) is 3. The van der Waals surface area contributed by atoms with Crippen LogP contribution in [0.2, 0.25) is 0 Å². The summed E-state index contributed by atoms with van der Waals surface area (Å²) in [6, 6.07) is 19.4. The molecule has 3 rings (SSSR count). The van der Waals surface area contributed by atoms with E-state index in [1.807, 2.05) is 52.0 Å². The van der Waals surface area contributed by atoms with E-state index in [4.69, 9.17) is 0 Å². The molecule has 168 valence electrons. The molecule has 1 amide bonds. The molecule has 5 nitrogen and oxygen atoms in total. The fourth-order valence-electron chi connectivity index (χ4n) is 3.51. The van der Waals surface area contributed by atoms with Crippen LogP contribution in [-0.2, 0) is 14.8 Å². The van der Waals surface area contributed by atoms with Gasteiger partial charge in [-0.1, -0.05) is 63.5 Å². The standard InChI is InChI=1S/C25H27BrN2O3S/c1-17-9-12-23(13-10-17)32(30,31)28(22-7-5-6-21(26)15-22)16-25(29)27-20(4)24-14-18(2)8-11-19(24)3/h5-15,20H,16H2,1-4H3,(H,27,29). The Morgan fingerprint density at radius 2 is 1.62 bits per heavy atom. The molecule has 0 radical (unpaired) electrons. The van der Waals surface area contributed by atoms with E-state index >= 15 is 0 Å². The number of aryl methyl sites for hydroxylation is 3. The van der Waals surface area contributed by atoms with Gasteiger partial charge in [0.2, 0.25) is 5.91 Å². The summed E-state index contributed by atoms with van der Waals surface area (Å²) in [5.41, 5.74) is 4.55. The summed E-state index contributed by atoms with van der Waals surface area (Å²) < 4.78 is 28.8. The zero-order valence-electron chi connectivity index (χ0n) is 18.6. The number of nitrogens with zero attached hydrogens (tertiary/aromatic N) is 1. The van der Waals surface area contributed by atoms with Crippen molar-refractivity contribution in [2.45, 2.75) is 38.6 Å². The van der Waals surface area contributed by atoms with Crippen LogP contribution in [0.15, 0.2) is 76.1 Å². The molecule has 0 aliphatic heterocycles. The van der Waals surface area contributed by atoms with E-state index in [1.54, 1.807) is 42.5 Å².